The molecule has 0 amide bonds. The first kappa shape index (κ1) is 11.7. The number of ether oxygens (including phenoxy) is 1. The summed E-state index contributed by atoms with van der Waals surface area (Å²) in [4.78, 5) is 14.9. The third kappa shape index (κ3) is 4.56. The molecule has 1 rings (SSSR count). The number of carbonyl (C=O) groups is 1. The van der Waals surface area contributed by atoms with Gasteiger partial charge in [-0.3, -0.25) is 9.78 Å². The summed E-state index contributed by atoms with van der Waals surface area (Å²) in [5.41, 5.74) is 1.15. The van der Waals surface area contributed by atoms with Crippen LogP contribution in [0.4, 0.5) is 0 Å². The molecule has 1 aromatic rings. The zero-order chi connectivity index (χ0) is 11.1. The first-order valence-electron chi connectivity index (χ1n) is 4.91. The van der Waals surface area contributed by atoms with Crippen molar-refractivity contribution in [1.29, 1.82) is 0 Å². The van der Waals surface area contributed by atoms with Crippen molar-refractivity contribution in [2.45, 2.75) is 25.9 Å². The first-order chi connectivity index (χ1) is 7.22. The molecule has 0 bridgehead atoms. The Bertz CT molecular complexity index is 301. The molecular formula is C11H16N2O2. The fourth-order valence-electron chi connectivity index (χ4n) is 1.20. The lowest BCUT2D eigenvalue weighted by molar-refractivity contribution is -0.141. The molecule has 0 aromatic carbocycles. The highest BCUT2D eigenvalue weighted by molar-refractivity contribution is 5.69. The Balaban J connectivity index is 2.28. The highest BCUT2D eigenvalue weighted by Gasteiger charge is 2.07. The zero-order valence-electron chi connectivity index (χ0n) is 9.06. The minimum absolute atomic E-state index is 0.116. The molecule has 82 valence electrons. The van der Waals surface area contributed by atoms with Crippen LogP contribution in [0.2, 0.25) is 0 Å². The van der Waals surface area contributed by atoms with Gasteiger partial charge in [0.1, 0.15) is 0 Å². The standard InChI is InChI=1S/C11H16N2O2/c1-9(7-11(14)15-2)13-8-10-3-5-12-6-4-10/h3-6,9,13H,7-8H2,1-2H3. The molecule has 0 spiro atoms. The first-order valence-corrected chi connectivity index (χ1v) is 4.91. The number of rotatable bonds is 5. The van der Waals surface area contributed by atoms with Gasteiger partial charge in [-0.2, -0.15) is 0 Å². The Hall–Kier alpha value is -1.42. The second-order valence-electron chi connectivity index (χ2n) is 3.42. The molecule has 0 aliphatic heterocycles. The Morgan fingerprint density at radius 1 is 1.53 bits per heavy atom. The average Bonchev–Trinajstić information content (AvgIpc) is 2.27. The van der Waals surface area contributed by atoms with E-state index in [0.717, 1.165) is 12.1 Å². The molecule has 0 fully saturated rings. The largest absolute Gasteiger partial charge is 0.469 e. The van der Waals surface area contributed by atoms with Gasteiger partial charge < -0.3 is 10.1 Å². The van der Waals surface area contributed by atoms with E-state index < -0.39 is 0 Å². The van der Waals surface area contributed by atoms with Gasteiger partial charge in [0, 0.05) is 25.0 Å². The van der Waals surface area contributed by atoms with E-state index in [4.69, 9.17) is 0 Å². The van der Waals surface area contributed by atoms with E-state index in [1.54, 1.807) is 12.4 Å². The fraction of sp³-hybridized carbons (Fsp3) is 0.455. The molecule has 15 heavy (non-hydrogen) atoms. The Labute approximate surface area is 89.7 Å². The van der Waals surface area contributed by atoms with E-state index in [1.807, 2.05) is 19.1 Å². The van der Waals surface area contributed by atoms with Crippen molar-refractivity contribution >= 4 is 5.97 Å². The van der Waals surface area contributed by atoms with Gasteiger partial charge in [-0.05, 0) is 24.6 Å². The van der Waals surface area contributed by atoms with E-state index in [0.29, 0.717) is 6.42 Å². The number of carbonyl (C=O) groups excluding carboxylic acids is 1. The molecule has 0 radical (unpaired) electrons. The summed E-state index contributed by atoms with van der Waals surface area (Å²) in [5.74, 6) is -0.190. The number of aromatic nitrogens is 1. The van der Waals surface area contributed by atoms with Gasteiger partial charge in [0.25, 0.3) is 0 Å². The van der Waals surface area contributed by atoms with Crippen molar-refractivity contribution in [1.82, 2.24) is 10.3 Å². The van der Waals surface area contributed by atoms with Crippen LogP contribution in [-0.4, -0.2) is 24.1 Å². The molecule has 0 aliphatic rings. The van der Waals surface area contributed by atoms with Crippen molar-refractivity contribution < 1.29 is 9.53 Å². The minimum atomic E-state index is -0.190. The smallest absolute Gasteiger partial charge is 0.307 e. The highest BCUT2D eigenvalue weighted by Crippen LogP contribution is 1.98. The molecule has 1 heterocycles. The number of methoxy groups -OCH3 is 1. The quantitative estimate of drug-likeness (QED) is 0.737. The van der Waals surface area contributed by atoms with Gasteiger partial charge in [0.15, 0.2) is 0 Å². The van der Waals surface area contributed by atoms with E-state index in [1.165, 1.54) is 7.11 Å². The van der Waals surface area contributed by atoms with Crippen LogP contribution in [0, 0.1) is 0 Å². The molecule has 0 aliphatic carbocycles. The highest BCUT2D eigenvalue weighted by atomic mass is 16.5. The lowest BCUT2D eigenvalue weighted by Gasteiger charge is -2.12. The van der Waals surface area contributed by atoms with Gasteiger partial charge in [0.2, 0.25) is 0 Å². The number of esters is 1. The molecule has 1 aromatic heterocycles. The van der Waals surface area contributed by atoms with Crippen LogP contribution in [0.15, 0.2) is 24.5 Å². The number of pyridine rings is 1. The van der Waals surface area contributed by atoms with Gasteiger partial charge >= 0.3 is 5.97 Å². The topological polar surface area (TPSA) is 51.2 Å². The fourth-order valence-corrected chi connectivity index (χ4v) is 1.20. The molecule has 1 N–H and O–H groups in total. The van der Waals surface area contributed by atoms with Gasteiger partial charge in [-0.25, -0.2) is 0 Å². The molecule has 0 saturated heterocycles. The Morgan fingerprint density at radius 2 is 2.20 bits per heavy atom. The monoisotopic (exact) mass is 208 g/mol. The normalized spacial score (nSPS) is 12.1. The molecule has 4 heteroatoms. The van der Waals surface area contributed by atoms with Crippen molar-refractivity contribution in [2.75, 3.05) is 7.11 Å². The summed E-state index contributed by atoms with van der Waals surface area (Å²) in [7, 11) is 1.40. The summed E-state index contributed by atoms with van der Waals surface area (Å²) in [6.45, 7) is 2.69. The van der Waals surface area contributed by atoms with Gasteiger partial charge in [0.05, 0.1) is 13.5 Å². The van der Waals surface area contributed by atoms with Crippen molar-refractivity contribution in [3.63, 3.8) is 0 Å². The average molecular weight is 208 g/mol. The van der Waals surface area contributed by atoms with Crippen LogP contribution < -0.4 is 5.32 Å². The SMILES string of the molecule is COC(=O)CC(C)NCc1ccncc1. The zero-order valence-corrected chi connectivity index (χ0v) is 9.06. The lowest BCUT2D eigenvalue weighted by atomic mass is 10.2. The van der Waals surface area contributed by atoms with Gasteiger partial charge in [-0.1, -0.05) is 0 Å². The van der Waals surface area contributed by atoms with Crippen LogP contribution in [0.3, 0.4) is 0 Å². The van der Waals surface area contributed by atoms with Crippen LogP contribution >= 0.6 is 0 Å². The van der Waals surface area contributed by atoms with E-state index in [2.05, 4.69) is 15.0 Å². The predicted octanol–water partition coefficient (Wildman–Crippen LogP) is 1.12. The summed E-state index contributed by atoms with van der Waals surface area (Å²) in [6, 6.07) is 4.00. The van der Waals surface area contributed by atoms with E-state index in [-0.39, 0.29) is 12.0 Å². The summed E-state index contributed by atoms with van der Waals surface area (Å²) < 4.78 is 4.58. The maximum atomic E-state index is 11.0. The Kier molecular flexibility index (Phi) is 4.77. The lowest BCUT2D eigenvalue weighted by Crippen LogP contribution is -2.28. The second-order valence-corrected chi connectivity index (χ2v) is 3.42. The van der Waals surface area contributed by atoms with Crippen LogP contribution in [0.25, 0.3) is 0 Å². The second kappa shape index (κ2) is 6.14. The van der Waals surface area contributed by atoms with Crippen LogP contribution in [0.1, 0.15) is 18.9 Å². The predicted molar refractivity (Wildman–Crippen MR) is 57.2 cm³/mol. The van der Waals surface area contributed by atoms with Gasteiger partial charge in [-0.15, -0.1) is 0 Å². The van der Waals surface area contributed by atoms with E-state index >= 15 is 0 Å². The molecule has 0 saturated carbocycles. The minimum Gasteiger partial charge on any atom is -0.469 e. The van der Waals surface area contributed by atoms with Crippen molar-refractivity contribution in [3.8, 4) is 0 Å². The number of nitrogens with zero attached hydrogens (tertiary/aromatic N) is 1. The van der Waals surface area contributed by atoms with Crippen LogP contribution in [0.5, 0.6) is 0 Å². The van der Waals surface area contributed by atoms with Crippen LogP contribution in [-0.2, 0) is 16.1 Å². The molecule has 1 atom stereocenters. The van der Waals surface area contributed by atoms with E-state index in [9.17, 15) is 4.79 Å². The summed E-state index contributed by atoms with van der Waals surface area (Å²) in [5, 5.41) is 3.24. The summed E-state index contributed by atoms with van der Waals surface area (Å²) >= 11 is 0. The third-order valence-corrected chi connectivity index (χ3v) is 2.10. The third-order valence-electron chi connectivity index (χ3n) is 2.10. The molecule has 4 nitrogen and oxygen atoms in total. The molecular weight excluding hydrogens is 192 g/mol. The number of hydrogen-bond acceptors (Lipinski definition) is 4. The van der Waals surface area contributed by atoms with Crippen molar-refractivity contribution in [3.05, 3.63) is 30.1 Å². The summed E-state index contributed by atoms with van der Waals surface area (Å²) in [6.07, 6.45) is 3.89. The maximum absolute atomic E-state index is 11.0. The number of hydrogen-bond donors (Lipinski definition) is 1. The Morgan fingerprint density at radius 3 is 2.80 bits per heavy atom. The number of nitrogens with one attached hydrogen (secondary N) is 1. The maximum Gasteiger partial charge on any atom is 0.307 e. The molecule has 1 unspecified atom stereocenters. The van der Waals surface area contributed by atoms with Crippen molar-refractivity contribution in [2.24, 2.45) is 0 Å².